The number of nitrogens with one attached hydrogen (secondary N) is 3. The lowest BCUT2D eigenvalue weighted by atomic mass is 10.1. The molecule has 2 heterocycles. The third-order valence-electron chi connectivity index (χ3n) is 5.20. The van der Waals surface area contributed by atoms with Gasteiger partial charge in [0.1, 0.15) is 5.82 Å². The van der Waals surface area contributed by atoms with Crippen LogP contribution < -0.4 is 16.4 Å². The third-order valence-corrected chi connectivity index (χ3v) is 5.20. The van der Waals surface area contributed by atoms with Crippen molar-refractivity contribution >= 4 is 28.7 Å². The number of halogens is 1. The molecule has 3 N–H and O–H groups in total. The van der Waals surface area contributed by atoms with E-state index in [1.165, 1.54) is 6.07 Å². The number of carbonyl (C=O) groups excluding carboxylic acids is 2. The quantitative estimate of drug-likeness (QED) is 0.590. The van der Waals surface area contributed by atoms with E-state index in [0.29, 0.717) is 18.7 Å². The fourth-order valence-corrected chi connectivity index (χ4v) is 3.37. The van der Waals surface area contributed by atoms with Crippen LogP contribution in [-0.4, -0.2) is 59.9 Å². The van der Waals surface area contributed by atoms with E-state index in [-0.39, 0.29) is 29.2 Å². The Balaban J connectivity index is 1.33. The Morgan fingerprint density at radius 3 is 2.55 bits per heavy atom. The van der Waals surface area contributed by atoms with Gasteiger partial charge in [-0.25, -0.2) is 14.0 Å². The summed E-state index contributed by atoms with van der Waals surface area (Å²) in [5, 5.41) is 5.02. The van der Waals surface area contributed by atoms with Gasteiger partial charge in [-0.3, -0.25) is 9.78 Å². The molecule has 4 rings (SSSR count). The zero-order valence-corrected chi connectivity index (χ0v) is 16.9. The largest absolute Gasteiger partial charge is 0.417 e. The maximum absolute atomic E-state index is 14.1. The van der Waals surface area contributed by atoms with E-state index in [1.54, 1.807) is 24.3 Å². The van der Waals surface area contributed by atoms with Crippen molar-refractivity contribution in [3.8, 4) is 0 Å². The number of anilines is 1. The highest BCUT2D eigenvalue weighted by Gasteiger charge is 2.20. The van der Waals surface area contributed by atoms with Crippen molar-refractivity contribution in [1.82, 2.24) is 20.1 Å². The van der Waals surface area contributed by atoms with Gasteiger partial charge < -0.3 is 24.9 Å². The molecular weight excluding hydrogens is 405 g/mol. The predicted molar refractivity (Wildman–Crippen MR) is 112 cm³/mol. The molecule has 2 aromatic carbocycles. The van der Waals surface area contributed by atoms with Crippen molar-refractivity contribution in [2.24, 2.45) is 0 Å². The van der Waals surface area contributed by atoms with Gasteiger partial charge in [0.05, 0.1) is 11.2 Å². The number of H-pyrrole nitrogens is 1. The van der Waals surface area contributed by atoms with Crippen LogP contribution in [0.2, 0.25) is 0 Å². The molecule has 1 aliphatic rings. The molecule has 3 aromatic rings. The summed E-state index contributed by atoms with van der Waals surface area (Å²) in [6.07, 6.45) is 0. The first-order chi connectivity index (χ1) is 14.9. The van der Waals surface area contributed by atoms with Crippen molar-refractivity contribution in [3.05, 3.63) is 63.9 Å². The molecule has 0 atom stereocenters. The average Bonchev–Trinajstić information content (AvgIpc) is 3.11. The minimum Gasteiger partial charge on any atom is -0.408 e. The van der Waals surface area contributed by atoms with E-state index in [2.05, 4.69) is 20.5 Å². The summed E-state index contributed by atoms with van der Waals surface area (Å²) in [5.41, 5.74) is 1.63. The van der Waals surface area contributed by atoms with Gasteiger partial charge in [-0.2, -0.15) is 0 Å². The number of fused-ring (bicyclic) bond motifs is 1. The molecule has 162 valence electrons. The molecule has 1 aliphatic heterocycles. The van der Waals surface area contributed by atoms with Crippen LogP contribution in [-0.2, 0) is 6.54 Å². The normalized spacial score (nSPS) is 14.6. The molecule has 1 fully saturated rings. The van der Waals surface area contributed by atoms with Gasteiger partial charge in [0.2, 0.25) is 0 Å². The molecule has 0 bridgehead atoms. The molecule has 0 spiro atoms. The molecule has 0 saturated carbocycles. The van der Waals surface area contributed by atoms with E-state index in [0.717, 1.165) is 24.7 Å². The summed E-state index contributed by atoms with van der Waals surface area (Å²) in [4.78, 5) is 42.3. The van der Waals surface area contributed by atoms with Crippen LogP contribution in [0, 0.1) is 5.82 Å². The molecule has 0 aliphatic carbocycles. The Bertz CT molecular complexity index is 1160. The highest BCUT2D eigenvalue weighted by Crippen LogP contribution is 2.21. The van der Waals surface area contributed by atoms with Crippen LogP contribution in [0.5, 0.6) is 0 Å². The number of benzene rings is 2. The first-order valence-electron chi connectivity index (χ1n) is 9.83. The predicted octanol–water partition coefficient (Wildman–Crippen LogP) is 1.97. The van der Waals surface area contributed by atoms with E-state index < -0.39 is 17.6 Å². The number of aromatic amines is 1. The van der Waals surface area contributed by atoms with Crippen molar-refractivity contribution in [2.75, 3.05) is 38.5 Å². The highest BCUT2D eigenvalue weighted by molar-refractivity contribution is 5.94. The number of amides is 3. The average molecular weight is 427 g/mol. The topological polar surface area (TPSA) is 111 Å². The van der Waals surface area contributed by atoms with Crippen LogP contribution in [0.1, 0.15) is 15.9 Å². The summed E-state index contributed by atoms with van der Waals surface area (Å²) in [6, 6.07) is 8.70. The van der Waals surface area contributed by atoms with E-state index in [1.807, 2.05) is 11.9 Å². The van der Waals surface area contributed by atoms with Crippen LogP contribution in [0.4, 0.5) is 14.9 Å². The van der Waals surface area contributed by atoms with Gasteiger partial charge in [-0.05, 0) is 24.7 Å². The van der Waals surface area contributed by atoms with Crippen LogP contribution in [0.25, 0.3) is 11.1 Å². The second-order valence-electron chi connectivity index (χ2n) is 7.44. The zero-order chi connectivity index (χ0) is 22.0. The number of aromatic nitrogens is 1. The van der Waals surface area contributed by atoms with Gasteiger partial charge in [0.25, 0.3) is 5.91 Å². The first-order valence-corrected chi connectivity index (χ1v) is 9.83. The van der Waals surface area contributed by atoms with Crippen molar-refractivity contribution in [2.45, 2.75) is 6.54 Å². The molecule has 1 aromatic heterocycles. The lowest BCUT2D eigenvalue weighted by Gasteiger charge is -2.32. The maximum atomic E-state index is 14.1. The lowest BCUT2D eigenvalue weighted by molar-refractivity contribution is 0.0664. The standard InChI is InChI=1S/C21H22FN5O4/c1-26-6-8-27(9-7-26)19(28)14-4-2-13(3-5-14)12-23-20(29)24-16-11-18-17(10-15(16)22)25-21(30)31-18/h2-5,10-11H,6-9,12H2,1H3,(H,25,30)(H2,23,24,29). The highest BCUT2D eigenvalue weighted by atomic mass is 19.1. The second kappa shape index (κ2) is 8.60. The van der Waals surface area contributed by atoms with Gasteiger partial charge in [-0.15, -0.1) is 0 Å². The molecule has 9 nitrogen and oxygen atoms in total. The smallest absolute Gasteiger partial charge is 0.408 e. The SMILES string of the molecule is CN1CCN(C(=O)c2ccc(CNC(=O)Nc3cc4oc(=O)[nH]c4cc3F)cc2)CC1. The van der Waals surface area contributed by atoms with E-state index in [9.17, 15) is 18.8 Å². The molecule has 3 amide bonds. The van der Waals surface area contributed by atoms with Crippen molar-refractivity contribution < 1.29 is 18.4 Å². The van der Waals surface area contributed by atoms with Crippen molar-refractivity contribution in [1.29, 1.82) is 0 Å². The van der Waals surface area contributed by atoms with Crippen LogP contribution >= 0.6 is 0 Å². The molecule has 1 saturated heterocycles. The van der Waals surface area contributed by atoms with Gasteiger partial charge in [0.15, 0.2) is 5.58 Å². The Morgan fingerprint density at radius 1 is 1.13 bits per heavy atom. The second-order valence-corrected chi connectivity index (χ2v) is 7.44. The summed E-state index contributed by atoms with van der Waals surface area (Å²) < 4.78 is 19.0. The third kappa shape index (κ3) is 4.75. The fraction of sp³-hybridized carbons (Fsp3) is 0.286. The Morgan fingerprint density at radius 2 is 1.84 bits per heavy atom. The summed E-state index contributed by atoms with van der Waals surface area (Å²) in [6.45, 7) is 3.30. The number of rotatable bonds is 4. The minimum absolute atomic E-state index is 0.00683. The summed E-state index contributed by atoms with van der Waals surface area (Å²) >= 11 is 0. The maximum Gasteiger partial charge on any atom is 0.417 e. The van der Waals surface area contributed by atoms with E-state index in [4.69, 9.17) is 4.42 Å². The summed E-state index contributed by atoms with van der Waals surface area (Å²) in [5.74, 6) is -1.41. The number of carbonyl (C=O) groups is 2. The molecule has 10 heteroatoms. The Labute approximate surface area is 176 Å². The number of nitrogens with zero attached hydrogens (tertiary/aromatic N) is 2. The number of hydrogen-bond acceptors (Lipinski definition) is 5. The van der Waals surface area contributed by atoms with Gasteiger partial charge in [0, 0.05) is 50.4 Å². The number of piperazine rings is 1. The zero-order valence-electron chi connectivity index (χ0n) is 16.9. The van der Waals surface area contributed by atoms with Gasteiger partial charge >= 0.3 is 11.8 Å². The number of hydrogen-bond donors (Lipinski definition) is 3. The van der Waals surface area contributed by atoms with Crippen LogP contribution in [0.3, 0.4) is 0 Å². The number of oxazole rings is 1. The Hall–Kier alpha value is -3.66. The molecular formula is C21H22FN5O4. The van der Waals surface area contributed by atoms with Crippen molar-refractivity contribution in [3.63, 3.8) is 0 Å². The molecule has 31 heavy (non-hydrogen) atoms. The fourth-order valence-electron chi connectivity index (χ4n) is 3.37. The monoisotopic (exact) mass is 427 g/mol. The molecule has 0 radical (unpaired) electrons. The van der Waals surface area contributed by atoms with E-state index >= 15 is 0 Å². The number of likely N-dealkylation sites (N-methyl/N-ethyl adjacent to an activating group) is 1. The first kappa shape index (κ1) is 20.6. The summed E-state index contributed by atoms with van der Waals surface area (Å²) in [7, 11) is 2.03. The van der Waals surface area contributed by atoms with Gasteiger partial charge in [-0.1, -0.05) is 12.1 Å². The molecule has 0 unspecified atom stereocenters. The Kier molecular flexibility index (Phi) is 5.72. The number of urea groups is 1. The minimum atomic E-state index is -0.703. The lowest BCUT2D eigenvalue weighted by Crippen LogP contribution is -2.47. The van der Waals surface area contributed by atoms with Crippen LogP contribution in [0.15, 0.2) is 45.6 Å².